The number of nitrogens with one attached hydrogen (secondary N) is 1. The fourth-order valence-corrected chi connectivity index (χ4v) is 1.96. The topological polar surface area (TPSA) is 38.3 Å². The SMILES string of the molecule is CCOC(=O)C1(C)Cc2ccc(F)cc2N1. The van der Waals surface area contributed by atoms with Crippen LogP contribution in [0.2, 0.25) is 0 Å². The van der Waals surface area contributed by atoms with Crippen LogP contribution >= 0.6 is 0 Å². The molecule has 0 amide bonds. The molecule has 1 aliphatic heterocycles. The normalized spacial score (nSPS) is 22.4. The van der Waals surface area contributed by atoms with Gasteiger partial charge in [-0.15, -0.1) is 0 Å². The van der Waals surface area contributed by atoms with Gasteiger partial charge < -0.3 is 10.1 Å². The van der Waals surface area contributed by atoms with Crippen LogP contribution in [-0.2, 0) is 16.0 Å². The number of carbonyl (C=O) groups is 1. The molecule has 1 heterocycles. The van der Waals surface area contributed by atoms with Crippen molar-refractivity contribution < 1.29 is 13.9 Å². The molecule has 86 valence electrons. The molecule has 1 N–H and O–H groups in total. The van der Waals surface area contributed by atoms with Gasteiger partial charge >= 0.3 is 5.97 Å². The Morgan fingerprint density at radius 3 is 3.06 bits per heavy atom. The molecule has 16 heavy (non-hydrogen) atoms. The predicted molar refractivity (Wildman–Crippen MR) is 58.8 cm³/mol. The highest BCUT2D eigenvalue weighted by molar-refractivity contribution is 5.87. The van der Waals surface area contributed by atoms with E-state index in [1.807, 2.05) is 0 Å². The second-order valence-corrected chi connectivity index (χ2v) is 4.16. The summed E-state index contributed by atoms with van der Waals surface area (Å²) in [6.07, 6.45) is 0.529. The van der Waals surface area contributed by atoms with Gasteiger partial charge in [0.2, 0.25) is 0 Å². The highest BCUT2D eigenvalue weighted by atomic mass is 19.1. The van der Waals surface area contributed by atoms with Crippen LogP contribution in [0.25, 0.3) is 0 Å². The van der Waals surface area contributed by atoms with E-state index >= 15 is 0 Å². The van der Waals surface area contributed by atoms with Crippen molar-refractivity contribution in [2.24, 2.45) is 0 Å². The van der Waals surface area contributed by atoms with E-state index in [9.17, 15) is 9.18 Å². The monoisotopic (exact) mass is 223 g/mol. The number of hydrogen-bond donors (Lipinski definition) is 1. The maximum absolute atomic E-state index is 13.0. The van der Waals surface area contributed by atoms with Gasteiger partial charge in [0.25, 0.3) is 0 Å². The Balaban J connectivity index is 2.24. The van der Waals surface area contributed by atoms with E-state index in [1.165, 1.54) is 12.1 Å². The number of fused-ring (bicyclic) bond motifs is 1. The van der Waals surface area contributed by atoms with Crippen molar-refractivity contribution in [2.75, 3.05) is 11.9 Å². The van der Waals surface area contributed by atoms with Gasteiger partial charge in [-0.3, -0.25) is 0 Å². The Kier molecular flexibility index (Phi) is 2.58. The van der Waals surface area contributed by atoms with Crippen molar-refractivity contribution in [2.45, 2.75) is 25.8 Å². The number of carbonyl (C=O) groups excluding carboxylic acids is 1. The van der Waals surface area contributed by atoms with E-state index in [4.69, 9.17) is 4.74 Å². The summed E-state index contributed by atoms with van der Waals surface area (Å²) in [4.78, 5) is 11.7. The second-order valence-electron chi connectivity index (χ2n) is 4.16. The van der Waals surface area contributed by atoms with Crippen molar-refractivity contribution in [1.82, 2.24) is 0 Å². The lowest BCUT2D eigenvalue weighted by atomic mass is 9.98. The molecule has 0 aromatic heterocycles. The van der Waals surface area contributed by atoms with Gasteiger partial charge in [-0.25, -0.2) is 9.18 Å². The highest BCUT2D eigenvalue weighted by Gasteiger charge is 2.40. The minimum absolute atomic E-state index is 0.299. The van der Waals surface area contributed by atoms with Gasteiger partial charge in [0.1, 0.15) is 11.4 Å². The van der Waals surface area contributed by atoms with Crippen LogP contribution < -0.4 is 5.32 Å². The second kappa shape index (κ2) is 3.77. The lowest BCUT2D eigenvalue weighted by Gasteiger charge is -2.22. The lowest BCUT2D eigenvalue weighted by Crippen LogP contribution is -2.43. The lowest BCUT2D eigenvalue weighted by molar-refractivity contribution is -0.147. The highest BCUT2D eigenvalue weighted by Crippen LogP contribution is 2.33. The van der Waals surface area contributed by atoms with Crippen molar-refractivity contribution in [3.63, 3.8) is 0 Å². The summed E-state index contributed by atoms with van der Waals surface area (Å²) in [5.41, 5.74) is 0.846. The average molecular weight is 223 g/mol. The molecule has 1 atom stereocenters. The molecule has 0 saturated heterocycles. The van der Waals surface area contributed by atoms with Crippen LogP contribution in [0.3, 0.4) is 0 Å². The number of ether oxygens (including phenoxy) is 1. The minimum atomic E-state index is -0.772. The standard InChI is InChI=1S/C12H14FNO2/c1-3-16-11(15)12(2)7-8-4-5-9(13)6-10(8)14-12/h4-6,14H,3,7H2,1-2H3. The summed E-state index contributed by atoms with van der Waals surface area (Å²) in [5, 5.41) is 3.02. The third kappa shape index (κ3) is 1.75. The molecule has 0 fully saturated rings. The van der Waals surface area contributed by atoms with Crippen LogP contribution in [0.15, 0.2) is 18.2 Å². The van der Waals surface area contributed by atoms with Crippen LogP contribution in [-0.4, -0.2) is 18.1 Å². The van der Waals surface area contributed by atoms with Gasteiger partial charge in [0.05, 0.1) is 6.61 Å². The van der Waals surface area contributed by atoms with E-state index in [0.717, 1.165) is 5.56 Å². The predicted octanol–water partition coefficient (Wildman–Crippen LogP) is 2.12. The Morgan fingerprint density at radius 1 is 1.62 bits per heavy atom. The molecule has 2 rings (SSSR count). The van der Waals surface area contributed by atoms with Gasteiger partial charge in [-0.05, 0) is 31.5 Å². The smallest absolute Gasteiger partial charge is 0.331 e. The van der Waals surface area contributed by atoms with Crippen molar-refractivity contribution >= 4 is 11.7 Å². The first-order valence-electron chi connectivity index (χ1n) is 5.29. The van der Waals surface area contributed by atoms with E-state index < -0.39 is 5.54 Å². The Bertz CT molecular complexity index is 433. The number of benzene rings is 1. The summed E-state index contributed by atoms with van der Waals surface area (Å²) >= 11 is 0. The van der Waals surface area contributed by atoms with E-state index in [2.05, 4.69) is 5.32 Å². The summed E-state index contributed by atoms with van der Waals surface area (Å²) in [5.74, 6) is -0.606. The van der Waals surface area contributed by atoms with Crippen LogP contribution in [0, 0.1) is 5.82 Å². The van der Waals surface area contributed by atoms with Crippen molar-refractivity contribution in [1.29, 1.82) is 0 Å². The molecule has 1 aromatic rings. The number of anilines is 1. The van der Waals surface area contributed by atoms with E-state index in [1.54, 1.807) is 19.9 Å². The molecule has 0 aliphatic carbocycles. The Labute approximate surface area is 93.6 Å². The Morgan fingerprint density at radius 2 is 2.38 bits per heavy atom. The van der Waals surface area contributed by atoms with E-state index in [0.29, 0.717) is 18.7 Å². The third-order valence-electron chi connectivity index (χ3n) is 2.75. The molecular weight excluding hydrogens is 209 g/mol. The van der Waals surface area contributed by atoms with Crippen LogP contribution in [0.1, 0.15) is 19.4 Å². The fraction of sp³-hybridized carbons (Fsp3) is 0.417. The zero-order chi connectivity index (χ0) is 11.8. The first-order valence-corrected chi connectivity index (χ1v) is 5.29. The molecule has 0 spiro atoms. The van der Waals surface area contributed by atoms with Crippen molar-refractivity contribution in [3.05, 3.63) is 29.6 Å². The summed E-state index contributed by atoms with van der Waals surface area (Å²) in [6.45, 7) is 3.88. The van der Waals surface area contributed by atoms with Crippen LogP contribution in [0.5, 0.6) is 0 Å². The molecule has 1 unspecified atom stereocenters. The molecule has 4 heteroatoms. The number of hydrogen-bond acceptors (Lipinski definition) is 3. The summed E-state index contributed by atoms with van der Waals surface area (Å²) in [7, 11) is 0. The van der Waals surface area contributed by atoms with Gasteiger partial charge in [0, 0.05) is 12.1 Å². The molecule has 3 nitrogen and oxygen atoms in total. The Hall–Kier alpha value is -1.58. The molecule has 0 bridgehead atoms. The largest absolute Gasteiger partial charge is 0.464 e. The number of halogens is 1. The molecule has 0 radical (unpaired) electrons. The molecular formula is C12H14FNO2. The van der Waals surface area contributed by atoms with Crippen molar-refractivity contribution in [3.8, 4) is 0 Å². The quantitative estimate of drug-likeness (QED) is 0.780. The van der Waals surface area contributed by atoms with Gasteiger partial charge in [0.15, 0.2) is 0 Å². The summed E-state index contributed by atoms with van der Waals surface area (Å²) in [6, 6.07) is 4.50. The first-order chi connectivity index (χ1) is 7.55. The third-order valence-corrected chi connectivity index (χ3v) is 2.75. The number of rotatable bonds is 2. The molecule has 1 aromatic carbocycles. The average Bonchev–Trinajstić information content (AvgIpc) is 2.55. The van der Waals surface area contributed by atoms with Crippen LogP contribution in [0.4, 0.5) is 10.1 Å². The minimum Gasteiger partial charge on any atom is -0.464 e. The zero-order valence-corrected chi connectivity index (χ0v) is 9.34. The van der Waals surface area contributed by atoms with Gasteiger partial charge in [-0.2, -0.15) is 0 Å². The molecule has 0 saturated carbocycles. The maximum atomic E-state index is 13.0. The zero-order valence-electron chi connectivity index (χ0n) is 9.34. The number of esters is 1. The van der Waals surface area contributed by atoms with Gasteiger partial charge in [-0.1, -0.05) is 6.07 Å². The summed E-state index contributed by atoms with van der Waals surface area (Å²) < 4.78 is 18.0. The van der Waals surface area contributed by atoms with E-state index in [-0.39, 0.29) is 11.8 Å². The first kappa shape index (κ1) is 10.9. The fourth-order valence-electron chi connectivity index (χ4n) is 1.96. The maximum Gasteiger partial charge on any atom is 0.331 e. The molecule has 1 aliphatic rings.